The van der Waals surface area contributed by atoms with Crippen molar-refractivity contribution in [3.63, 3.8) is 0 Å². The van der Waals surface area contributed by atoms with Crippen molar-refractivity contribution in [3.05, 3.63) is 0 Å². The Kier molecular flexibility index (Phi) is 11.7. The van der Waals surface area contributed by atoms with Gasteiger partial charge in [0.1, 0.15) is 6.61 Å². The zero-order chi connectivity index (χ0) is 21.9. The summed E-state index contributed by atoms with van der Waals surface area (Å²) in [5, 5.41) is 0. The number of ether oxygens (including phenoxy) is 3. The van der Waals surface area contributed by atoms with Gasteiger partial charge in [-0.15, -0.1) is 0 Å². The maximum Gasteiger partial charge on any atom is 0.248 e. The lowest BCUT2D eigenvalue weighted by atomic mass is 10.1. The average Bonchev–Trinajstić information content (AvgIpc) is 2.64. The molecule has 0 aliphatic carbocycles. The SMILES string of the molecule is CCN(CCOCCOCC(=O)N1CCN(C(C)(C)C)CC1)CCOC(C)(C)C. The first kappa shape index (κ1) is 26.3. The smallest absolute Gasteiger partial charge is 0.248 e. The zero-order valence-corrected chi connectivity index (χ0v) is 20.0. The quantitative estimate of drug-likeness (QED) is 0.455. The van der Waals surface area contributed by atoms with Crippen LogP contribution in [-0.2, 0) is 19.0 Å². The minimum absolute atomic E-state index is 0.0783. The normalized spacial score (nSPS) is 16.6. The summed E-state index contributed by atoms with van der Waals surface area (Å²) in [7, 11) is 0. The summed E-state index contributed by atoms with van der Waals surface area (Å²) in [5.74, 6) is 0.0783. The van der Waals surface area contributed by atoms with Crippen LogP contribution in [-0.4, -0.2) is 111 Å². The lowest BCUT2D eigenvalue weighted by Crippen LogP contribution is -2.55. The van der Waals surface area contributed by atoms with Crippen molar-refractivity contribution >= 4 is 5.91 Å². The highest BCUT2D eigenvalue weighted by Gasteiger charge is 2.27. The predicted molar refractivity (Wildman–Crippen MR) is 117 cm³/mol. The Morgan fingerprint density at radius 2 is 1.45 bits per heavy atom. The van der Waals surface area contributed by atoms with E-state index in [0.29, 0.717) is 19.8 Å². The van der Waals surface area contributed by atoms with E-state index in [1.54, 1.807) is 0 Å². The molecule has 1 fully saturated rings. The van der Waals surface area contributed by atoms with E-state index >= 15 is 0 Å². The van der Waals surface area contributed by atoms with Crippen molar-refractivity contribution in [2.24, 2.45) is 0 Å². The highest BCUT2D eigenvalue weighted by atomic mass is 16.5. The van der Waals surface area contributed by atoms with Gasteiger partial charge in [-0.1, -0.05) is 6.92 Å². The van der Waals surface area contributed by atoms with Crippen LogP contribution in [0.5, 0.6) is 0 Å². The van der Waals surface area contributed by atoms with E-state index in [4.69, 9.17) is 14.2 Å². The van der Waals surface area contributed by atoms with Gasteiger partial charge >= 0.3 is 0 Å². The van der Waals surface area contributed by atoms with Crippen molar-refractivity contribution in [1.82, 2.24) is 14.7 Å². The Hall–Kier alpha value is -0.730. The molecule has 0 aromatic rings. The highest BCUT2D eigenvalue weighted by molar-refractivity contribution is 5.77. The van der Waals surface area contributed by atoms with Gasteiger partial charge < -0.3 is 19.1 Å². The summed E-state index contributed by atoms with van der Waals surface area (Å²) in [6.07, 6.45) is 0. The van der Waals surface area contributed by atoms with Crippen molar-refractivity contribution in [3.8, 4) is 0 Å². The van der Waals surface area contributed by atoms with Gasteiger partial charge in [0.2, 0.25) is 5.91 Å². The van der Waals surface area contributed by atoms with E-state index in [0.717, 1.165) is 52.4 Å². The van der Waals surface area contributed by atoms with E-state index in [-0.39, 0.29) is 23.7 Å². The summed E-state index contributed by atoms with van der Waals surface area (Å²) < 4.78 is 16.9. The molecular weight excluding hydrogens is 370 g/mol. The molecule has 7 nitrogen and oxygen atoms in total. The van der Waals surface area contributed by atoms with Gasteiger partial charge in [0.05, 0.1) is 32.0 Å². The van der Waals surface area contributed by atoms with Crippen LogP contribution >= 0.6 is 0 Å². The van der Waals surface area contributed by atoms with Crippen LogP contribution in [0.2, 0.25) is 0 Å². The van der Waals surface area contributed by atoms with Gasteiger partial charge in [-0.2, -0.15) is 0 Å². The molecule has 0 aromatic carbocycles. The van der Waals surface area contributed by atoms with Gasteiger partial charge in [-0.25, -0.2) is 0 Å². The fourth-order valence-corrected chi connectivity index (χ4v) is 3.20. The van der Waals surface area contributed by atoms with Crippen molar-refractivity contribution in [2.45, 2.75) is 59.6 Å². The number of carbonyl (C=O) groups is 1. The fourth-order valence-electron chi connectivity index (χ4n) is 3.20. The van der Waals surface area contributed by atoms with Crippen LogP contribution in [0.25, 0.3) is 0 Å². The molecular formula is C22H45N3O4. The monoisotopic (exact) mass is 415 g/mol. The Bertz CT molecular complexity index is 452. The molecule has 1 aliphatic heterocycles. The number of piperazine rings is 1. The Balaban J connectivity index is 2.04. The summed E-state index contributed by atoms with van der Waals surface area (Å²) in [4.78, 5) is 18.9. The van der Waals surface area contributed by atoms with Crippen LogP contribution in [0.3, 0.4) is 0 Å². The van der Waals surface area contributed by atoms with Crippen molar-refractivity contribution < 1.29 is 19.0 Å². The van der Waals surface area contributed by atoms with Crippen LogP contribution in [0.4, 0.5) is 0 Å². The maximum atomic E-state index is 12.3. The molecule has 0 spiro atoms. The molecule has 0 bridgehead atoms. The molecule has 172 valence electrons. The third-order valence-electron chi connectivity index (χ3n) is 5.12. The lowest BCUT2D eigenvalue weighted by Gasteiger charge is -2.42. The first-order valence-electron chi connectivity index (χ1n) is 11.1. The molecule has 0 aromatic heterocycles. The molecule has 29 heavy (non-hydrogen) atoms. The van der Waals surface area contributed by atoms with E-state index < -0.39 is 0 Å². The topological polar surface area (TPSA) is 54.5 Å². The van der Waals surface area contributed by atoms with E-state index in [9.17, 15) is 4.79 Å². The van der Waals surface area contributed by atoms with Crippen molar-refractivity contribution in [1.29, 1.82) is 0 Å². The second-order valence-electron chi connectivity index (χ2n) is 9.60. The Morgan fingerprint density at radius 1 is 0.862 bits per heavy atom. The molecule has 1 aliphatic rings. The summed E-state index contributed by atoms with van der Waals surface area (Å²) in [5.41, 5.74) is 0.0702. The van der Waals surface area contributed by atoms with Gasteiger partial charge in [0.25, 0.3) is 0 Å². The average molecular weight is 416 g/mol. The number of nitrogens with zero attached hydrogens (tertiary/aromatic N) is 3. The van der Waals surface area contributed by atoms with Crippen LogP contribution in [0, 0.1) is 0 Å². The molecule has 0 radical (unpaired) electrons. The summed E-state index contributed by atoms with van der Waals surface area (Å²) >= 11 is 0. The first-order valence-corrected chi connectivity index (χ1v) is 11.1. The third-order valence-corrected chi connectivity index (χ3v) is 5.12. The molecule has 1 saturated heterocycles. The molecule has 0 atom stereocenters. The molecule has 1 rings (SSSR count). The molecule has 0 saturated carbocycles. The minimum Gasteiger partial charge on any atom is -0.378 e. The molecule has 0 N–H and O–H groups in total. The van der Waals surface area contributed by atoms with Crippen LogP contribution < -0.4 is 0 Å². The Morgan fingerprint density at radius 3 is 2.00 bits per heavy atom. The van der Waals surface area contributed by atoms with Crippen molar-refractivity contribution in [2.75, 3.05) is 78.8 Å². The summed E-state index contributed by atoms with van der Waals surface area (Å²) in [6.45, 7) is 23.7. The molecule has 1 heterocycles. The van der Waals surface area contributed by atoms with Gasteiger partial charge in [0.15, 0.2) is 0 Å². The van der Waals surface area contributed by atoms with E-state index in [2.05, 4.69) is 58.3 Å². The number of likely N-dealkylation sites (N-methyl/N-ethyl adjacent to an activating group) is 1. The van der Waals surface area contributed by atoms with Crippen LogP contribution in [0.15, 0.2) is 0 Å². The van der Waals surface area contributed by atoms with E-state index in [1.165, 1.54) is 0 Å². The van der Waals surface area contributed by atoms with Crippen LogP contribution in [0.1, 0.15) is 48.5 Å². The van der Waals surface area contributed by atoms with E-state index in [1.807, 2.05) is 4.90 Å². The molecule has 0 unspecified atom stereocenters. The fraction of sp³-hybridized carbons (Fsp3) is 0.955. The molecule has 1 amide bonds. The number of rotatable bonds is 12. The lowest BCUT2D eigenvalue weighted by molar-refractivity contribution is -0.139. The molecule has 7 heteroatoms. The maximum absolute atomic E-state index is 12.3. The summed E-state index contributed by atoms with van der Waals surface area (Å²) in [6, 6.07) is 0. The number of amides is 1. The largest absolute Gasteiger partial charge is 0.378 e. The second kappa shape index (κ2) is 12.8. The minimum atomic E-state index is -0.0924. The Labute approximate surface area is 178 Å². The van der Waals surface area contributed by atoms with Gasteiger partial charge in [0, 0.05) is 44.8 Å². The number of carbonyl (C=O) groups excluding carboxylic acids is 1. The van der Waals surface area contributed by atoms with Gasteiger partial charge in [-0.05, 0) is 48.1 Å². The number of hydrogen-bond donors (Lipinski definition) is 0. The number of hydrogen-bond acceptors (Lipinski definition) is 6. The zero-order valence-electron chi connectivity index (χ0n) is 20.0. The standard InChI is InChI=1S/C22H45N3O4/c1-8-23(14-16-29-22(5,6)7)13-15-27-17-18-28-19-20(26)24-9-11-25(12-10-24)21(2,3)4/h8-19H2,1-7H3. The first-order chi connectivity index (χ1) is 13.5. The second-order valence-corrected chi connectivity index (χ2v) is 9.60. The predicted octanol–water partition coefficient (Wildman–Crippen LogP) is 2.10. The highest BCUT2D eigenvalue weighted by Crippen LogP contribution is 2.15. The van der Waals surface area contributed by atoms with Gasteiger partial charge in [-0.3, -0.25) is 14.6 Å². The third kappa shape index (κ3) is 11.9.